The van der Waals surface area contributed by atoms with E-state index in [9.17, 15) is 4.79 Å². The molecule has 1 heterocycles. The first-order valence-corrected chi connectivity index (χ1v) is 5.63. The van der Waals surface area contributed by atoms with E-state index in [1.807, 2.05) is 12.1 Å². The van der Waals surface area contributed by atoms with Crippen LogP contribution in [0.2, 0.25) is 0 Å². The largest absolute Gasteiger partial charge is 0.454 e. The van der Waals surface area contributed by atoms with Gasteiger partial charge in [-0.2, -0.15) is 0 Å². The minimum absolute atomic E-state index is 0.229. The van der Waals surface area contributed by atoms with Crippen LogP contribution in [0.1, 0.15) is 42.1 Å². The number of carbonyl (C=O) groups is 1. The zero-order valence-electron chi connectivity index (χ0n) is 9.45. The molecule has 3 heteroatoms. The number of hydrogen-bond donors (Lipinski definition) is 0. The molecule has 0 radical (unpaired) electrons. The highest BCUT2D eigenvalue weighted by molar-refractivity contribution is 6.02. The van der Waals surface area contributed by atoms with Crippen molar-refractivity contribution in [3.63, 3.8) is 0 Å². The van der Waals surface area contributed by atoms with Crippen LogP contribution in [-0.4, -0.2) is 12.6 Å². The molecule has 84 valence electrons. The molecule has 0 saturated carbocycles. The third-order valence-electron chi connectivity index (χ3n) is 3.45. The molecule has 1 aromatic rings. The van der Waals surface area contributed by atoms with Crippen LogP contribution < -0.4 is 9.47 Å². The van der Waals surface area contributed by atoms with Crippen LogP contribution in [0.25, 0.3) is 0 Å². The minimum atomic E-state index is 0.229. The molecule has 0 amide bonds. The van der Waals surface area contributed by atoms with Crippen molar-refractivity contribution >= 4 is 5.78 Å². The van der Waals surface area contributed by atoms with E-state index in [1.54, 1.807) is 0 Å². The molecule has 1 aliphatic heterocycles. The Bertz CT molecular complexity index is 462. The maximum absolute atomic E-state index is 11.9. The van der Waals surface area contributed by atoms with E-state index in [0.29, 0.717) is 24.0 Å². The van der Waals surface area contributed by atoms with Crippen molar-refractivity contribution in [2.24, 2.45) is 5.92 Å². The molecule has 0 spiro atoms. The van der Waals surface area contributed by atoms with Gasteiger partial charge < -0.3 is 9.47 Å². The van der Waals surface area contributed by atoms with Crippen molar-refractivity contribution in [1.29, 1.82) is 0 Å². The van der Waals surface area contributed by atoms with Crippen molar-refractivity contribution < 1.29 is 14.3 Å². The second-order valence-corrected chi connectivity index (χ2v) is 4.77. The monoisotopic (exact) mass is 218 g/mol. The zero-order valence-corrected chi connectivity index (χ0v) is 9.45. The fourth-order valence-corrected chi connectivity index (χ4v) is 2.52. The van der Waals surface area contributed by atoms with Gasteiger partial charge in [0.15, 0.2) is 17.3 Å². The van der Waals surface area contributed by atoms with Crippen LogP contribution >= 0.6 is 0 Å². The first-order valence-electron chi connectivity index (χ1n) is 5.63. The standard InChI is InChI=1S/C13H14O3/c1-7(2)8-3-11(14)10-5-13-12(4-9(8)10)15-6-16-13/h4-5,7-8H,3,6H2,1-2H3. The van der Waals surface area contributed by atoms with Crippen molar-refractivity contribution in [2.75, 3.05) is 6.79 Å². The van der Waals surface area contributed by atoms with Crippen LogP contribution in [0.4, 0.5) is 0 Å². The van der Waals surface area contributed by atoms with Crippen molar-refractivity contribution in [3.05, 3.63) is 23.3 Å². The summed E-state index contributed by atoms with van der Waals surface area (Å²) < 4.78 is 10.6. The van der Waals surface area contributed by atoms with Gasteiger partial charge in [0.25, 0.3) is 0 Å². The van der Waals surface area contributed by atoms with Crippen LogP contribution in [0.5, 0.6) is 11.5 Å². The third-order valence-corrected chi connectivity index (χ3v) is 3.45. The van der Waals surface area contributed by atoms with Crippen molar-refractivity contribution in [2.45, 2.75) is 26.2 Å². The fourth-order valence-electron chi connectivity index (χ4n) is 2.52. The predicted molar refractivity (Wildman–Crippen MR) is 59.1 cm³/mol. The topological polar surface area (TPSA) is 35.5 Å². The van der Waals surface area contributed by atoms with E-state index in [-0.39, 0.29) is 12.6 Å². The summed E-state index contributed by atoms with van der Waals surface area (Å²) in [6.07, 6.45) is 0.621. The van der Waals surface area contributed by atoms with Gasteiger partial charge >= 0.3 is 0 Å². The van der Waals surface area contributed by atoms with Crippen molar-refractivity contribution in [3.8, 4) is 11.5 Å². The smallest absolute Gasteiger partial charge is 0.231 e. The van der Waals surface area contributed by atoms with Gasteiger partial charge in [-0.05, 0) is 29.5 Å². The van der Waals surface area contributed by atoms with Gasteiger partial charge in [0.2, 0.25) is 6.79 Å². The SMILES string of the molecule is CC(C)C1CC(=O)c2cc3c(cc21)OCO3. The Morgan fingerprint density at radius 1 is 1.25 bits per heavy atom. The Balaban J connectivity index is 2.13. The molecule has 1 aliphatic carbocycles. The Labute approximate surface area is 94.4 Å². The summed E-state index contributed by atoms with van der Waals surface area (Å²) in [4.78, 5) is 11.9. The molecule has 1 unspecified atom stereocenters. The van der Waals surface area contributed by atoms with E-state index in [4.69, 9.17) is 9.47 Å². The normalized spacial score (nSPS) is 21.7. The molecule has 2 aliphatic rings. The summed E-state index contributed by atoms with van der Waals surface area (Å²) in [5, 5.41) is 0. The molecule has 1 atom stereocenters. The Morgan fingerprint density at radius 2 is 1.94 bits per heavy atom. The van der Waals surface area contributed by atoms with Crippen LogP contribution in [0.3, 0.4) is 0 Å². The average molecular weight is 218 g/mol. The molecule has 0 N–H and O–H groups in total. The molecular weight excluding hydrogens is 204 g/mol. The summed E-state index contributed by atoms with van der Waals surface area (Å²) in [5.74, 6) is 2.52. The molecule has 0 bridgehead atoms. The summed E-state index contributed by atoms with van der Waals surface area (Å²) in [6, 6.07) is 3.82. The zero-order chi connectivity index (χ0) is 11.3. The van der Waals surface area contributed by atoms with Crippen LogP contribution in [-0.2, 0) is 0 Å². The minimum Gasteiger partial charge on any atom is -0.454 e. The lowest BCUT2D eigenvalue weighted by Crippen LogP contribution is -2.02. The number of carbonyl (C=O) groups excluding carboxylic acids is 1. The number of rotatable bonds is 1. The van der Waals surface area contributed by atoms with Gasteiger partial charge in [-0.15, -0.1) is 0 Å². The highest BCUT2D eigenvalue weighted by Crippen LogP contribution is 2.44. The number of benzene rings is 1. The highest BCUT2D eigenvalue weighted by Gasteiger charge is 2.33. The molecule has 1 aromatic carbocycles. The second kappa shape index (κ2) is 3.24. The summed E-state index contributed by atoms with van der Waals surface area (Å²) in [5.41, 5.74) is 1.95. The van der Waals surface area contributed by atoms with Gasteiger partial charge in [0.05, 0.1) is 0 Å². The fraction of sp³-hybridized carbons (Fsp3) is 0.462. The predicted octanol–water partition coefficient (Wildman–Crippen LogP) is 2.74. The van der Waals surface area contributed by atoms with E-state index >= 15 is 0 Å². The summed E-state index contributed by atoms with van der Waals surface area (Å²) >= 11 is 0. The van der Waals surface area contributed by atoms with E-state index in [2.05, 4.69) is 13.8 Å². The molecule has 3 nitrogen and oxygen atoms in total. The lowest BCUT2D eigenvalue weighted by Gasteiger charge is -2.14. The Morgan fingerprint density at radius 3 is 2.62 bits per heavy atom. The number of Topliss-reactive ketones (excluding diaryl/α,β-unsaturated/α-hetero) is 1. The van der Waals surface area contributed by atoms with Gasteiger partial charge in [0, 0.05) is 12.0 Å². The van der Waals surface area contributed by atoms with Crippen molar-refractivity contribution in [1.82, 2.24) is 0 Å². The lowest BCUT2D eigenvalue weighted by molar-refractivity contribution is 0.0984. The summed E-state index contributed by atoms with van der Waals surface area (Å²) in [6.45, 7) is 4.56. The Kier molecular flexibility index (Phi) is 1.96. The average Bonchev–Trinajstić information content (AvgIpc) is 2.80. The quantitative estimate of drug-likeness (QED) is 0.727. The molecule has 0 fully saturated rings. The van der Waals surface area contributed by atoms with Gasteiger partial charge in [-0.25, -0.2) is 0 Å². The van der Waals surface area contributed by atoms with Gasteiger partial charge in [0.1, 0.15) is 0 Å². The van der Waals surface area contributed by atoms with Gasteiger partial charge in [-0.3, -0.25) is 4.79 Å². The first kappa shape index (κ1) is 9.70. The number of fused-ring (bicyclic) bond motifs is 2. The number of hydrogen-bond acceptors (Lipinski definition) is 3. The first-order chi connectivity index (χ1) is 7.66. The summed E-state index contributed by atoms with van der Waals surface area (Å²) in [7, 11) is 0. The van der Waals surface area contributed by atoms with Crippen LogP contribution in [0.15, 0.2) is 12.1 Å². The molecule has 0 saturated heterocycles. The number of ether oxygens (including phenoxy) is 2. The maximum atomic E-state index is 11.9. The lowest BCUT2D eigenvalue weighted by atomic mass is 9.90. The maximum Gasteiger partial charge on any atom is 0.231 e. The van der Waals surface area contributed by atoms with E-state index in [1.165, 1.54) is 0 Å². The molecule has 0 aromatic heterocycles. The Hall–Kier alpha value is -1.51. The molecular formula is C13H14O3. The van der Waals surface area contributed by atoms with E-state index in [0.717, 1.165) is 16.9 Å². The molecule has 3 rings (SSSR count). The van der Waals surface area contributed by atoms with Gasteiger partial charge in [-0.1, -0.05) is 13.8 Å². The number of ketones is 1. The highest BCUT2D eigenvalue weighted by atomic mass is 16.7. The van der Waals surface area contributed by atoms with Crippen LogP contribution in [0, 0.1) is 5.92 Å². The third kappa shape index (κ3) is 1.24. The second-order valence-electron chi connectivity index (χ2n) is 4.77. The molecule has 16 heavy (non-hydrogen) atoms. The van der Waals surface area contributed by atoms with E-state index < -0.39 is 0 Å².